The van der Waals surface area contributed by atoms with Crippen LogP contribution in [0.15, 0.2) is 54.9 Å². The standard InChI is InChI=1S/C21H17ClN6O3S/c1-30-18-10-16-12(9-13(18)20(23)29)17(4-6-24-16)31-11-2-3-15(14(22)8-11)26-21(32)27-19-5-7-25-28-19/h2-10H,1H3,(H2,23,29)(H3,25,26,27,28,32). The number of primary amides is 1. The summed E-state index contributed by atoms with van der Waals surface area (Å²) in [6.07, 6.45) is 3.27. The van der Waals surface area contributed by atoms with Crippen LogP contribution < -0.4 is 25.8 Å². The van der Waals surface area contributed by atoms with Gasteiger partial charge in [0.25, 0.3) is 5.91 Å². The van der Waals surface area contributed by atoms with E-state index in [0.717, 1.165) is 0 Å². The molecule has 9 nitrogen and oxygen atoms in total. The Balaban J connectivity index is 1.57. The lowest BCUT2D eigenvalue weighted by molar-refractivity contribution is 0.0997. The number of fused-ring (bicyclic) bond motifs is 1. The molecule has 162 valence electrons. The van der Waals surface area contributed by atoms with E-state index in [0.29, 0.717) is 49.8 Å². The number of nitrogens with zero attached hydrogens (tertiary/aromatic N) is 2. The van der Waals surface area contributed by atoms with E-state index in [1.165, 1.54) is 7.11 Å². The number of carbonyl (C=O) groups is 1. The van der Waals surface area contributed by atoms with E-state index >= 15 is 0 Å². The highest BCUT2D eigenvalue weighted by atomic mass is 35.5. The minimum Gasteiger partial charge on any atom is -0.496 e. The second kappa shape index (κ2) is 9.08. The number of halogens is 1. The zero-order valence-corrected chi connectivity index (χ0v) is 18.3. The summed E-state index contributed by atoms with van der Waals surface area (Å²) in [5, 5.41) is 13.9. The lowest BCUT2D eigenvalue weighted by Crippen LogP contribution is -2.19. The van der Waals surface area contributed by atoms with Gasteiger partial charge in [-0.05, 0) is 36.5 Å². The quantitative estimate of drug-likeness (QED) is 0.308. The van der Waals surface area contributed by atoms with Gasteiger partial charge in [-0.15, -0.1) is 0 Å². The van der Waals surface area contributed by atoms with Crippen LogP contribution in [0.2, 0.25) is 5.02 Å². The molecule has 0 aliphatic carbocycles. The van der Waals surface area contributed by atoms with E-state index < -0.39 is 5.91 Å². The Bertz CT molecular complexity index is 1310. The molecule has 0 bridgehead atoms. The number of pyridine rings is 1. The molecule has 0 aliphatic rings. The number of amides is 1. The number of anilines is 2. The van der Waals surface area contributed by atoms with Crippen molar-refractivity contribution in [3.05, 3.63) is 65.4 Å². The fourth-order valence-electron chi connectivity index (χ4n) is 2.99. The van der Waals surface area contributed by atoms with Crippen LogP contribution in [-0.2, 0) is 0 Å². The van der Waals surface area contributed by atoms with E-state index in [1.54, 1.807) is 54.9 Å². The summed E-state index contributed by atoms with van der Waals surface area (Å²) in [5.41, 5.74) is 6.88. The average molecular weight is 469 g/mol. The lowest BCUT2D eigenvalue weighted by atomic mass is 10.1. The van der Waals surface area contributed by atoms with Gasteiger partial charge in [0.1, 0.15) is 17.2 Å². The van der Waals surface area contributed by atoms with Gasteiger partial charge in [0, 0.05) is 36.0 Å². The second-order valence-electron chi connectivity index (χ2n) is 6.53. The van der Waals surface area contributed by atoms with Crippen molar-refractivity contribution in [1.82, 2.24) is 15.2 Å². The van der Waals surface area contributed by atoms with Gasteiger partial charge in [-0.3, -0.25) is 14.9 Å². The molecule has 4 aromatic rings. The van der Waals surface area contributed by atoms with Crippen molar-refractivity contribution in [1.29, 1.82) is 0 Å². The Labute approximate surface area is 192 Å². The Morgan fingerprint density at radius 1 is 1.16 bits per heavy atom. The number of hydrogen-bond acceptors (Lipinski definition) is 6. The van der Waals surface area contributed by atoms with Gasteiger partial charge < -0.3 is 25.8 Å². The molecule has 0 saturated carbocycles. The maximum Gasteiger partial charge on any atom is 0.252 e. The molecule has 5 N–H and O–H groups in total. The normalized spacial score (nSPS) is 10.6. The Morgan fingerprint density at radius 2 is 2.00 bits per heavy atom. The van der Waals surface area contributed by atoms with E-state index in [-0.39, 0.29) is 5.56 Å². The monoisotopic (exact) mass is 468 g/mol. The van der Waals surface area contributed by atoms with E-state index in [4.69, 9.17) is 39.0 Å². The number of carbonyl (C=O) groups excluding carboxylic acids is 1. The first-order valence-electron chi connectivity index (χ1n) is 9.26. The number of ether oxygens (including phenoxy) is 2. The summed E-state index contributed by atoms with van der Waals surface area (Å²) in [5.74, 6) is 1.27. The van der Waals surface area contributed by atoms with Crippen LogP contribution >= 0.6 is 23.8 Å². The zero-order valence-electron chi connectivity index (χ0n) is 16.7. The van der Waals surface area contributed by atoms with Crippen molar-refractivity contribution in [2.24, 2.45) is 5.73 Å². The third-order valence-corrected chi connectivity index (χ3v) is 4.96. The summed E-state index contributed by atoms with van der Waals surface area (Å²) in [4.78, 5) is 16.1. The molecule has 0 radical (unpaired) electrons. The first kappa shape index (κ1) is 21.3. The maximum absolute atomic E-state index is 11.8. The summed E-state index contributed by atoms with van der Waals surface area (Å²) >= 11 is 11.7. The minimum absolute atomic E-state index is 0.230. The molecule has 0 unspecified atom stereocenters. The minimum atomic E-state index is -0.614. The van der Waals surface area contributed by atoms with Gasteiger partial charge in [-0.2, -0.15) is 5.10 Å². The van der Waals surface area contributed by atoms with Gasteiger partial charge in [-0.25, -0.2) is 0 Å². The highest BCUT2D eigenvalue weighted by Crippen LogP contribution is 2.35. The molecule has 2 aromatic carbocycles. The topological polar surface area (TPSA) is 127 Å². The lowest BCUT2D eigenvalue weighted by Gasteiger charge is -2.14. The number of rotatable bonds is 6. The summed E-state index contributed by atoms with van der Waals surface area (Å²) in [6.45, 7) is 0. The number of aromatic amines is 1. The third-order valence-electron chi connectivity index (χ3n) is 4.45. The highest BCUT2D eigenvalue weighted by Gasteiger charge is 2.15. The van der Waals surface area contributed by atoms with E-state index in [1.807, 2.05) is 0 Å². The van der Waals surface area contributed by atoms with Crippen molar-refractivity contribution in [2.75, 3.05) is 17.7 Å². The number of nitrogens with two attached hydrogens (primary N) is 1. The van der Waals surface area contributed by atoms with Crippen LogP contribution in [0.1, 0.15) is 10.4 Å². The number of thiocarbonyl (C=S) groups is 1. The first-order chi connectivity index (χ1) is 15.4. The molecule has 11 heteroatoms. The molecule has 0 fully saturated rings. The third kappa shape index (κ3) is 4.56. The fourth-order valence-corrected chi connectivity index (χ4v) is 3.42. The molecule has 32 heavy (non-hydrogen) atoms. The molecular formula is C21H17ClN6O3S. The van der Waals surface area contributed by atoms with E-state index in [9.17, 15) is 4.79 Å². The average Bonchev–Trinajstić information content (AvgIpc) is 3.27. The number of benzene rings is 2. The van der Waals surface area contributed by atoms with Crippen LogP contribution in [0.5, 0.6) is 17.2 Å². The number of nitrogens with one attached hydrogen (secondary N) is 3. The molecule has 2 heterocycles. The zero-order chi connectivity index (χ0) is 22.7. The molecule has 1 amide bonds. The van der Waals surface area contributed by atoms with Gasteiger partial charge in [0.2, 0.25) is 0 Å². The maximum atomic E-state index is 11.8. The second-order valence-corrected chi connectivity index (χ2v) is 7.34. The van der Waals surface area contributed by atoms with Crippen molar-refractivity contribution in [3.8, 4) is 17.2 Å². The predicted octanol–water partition coefficient (Wildman–Crippen LogP) is 4.32. The predicted molar refractivity (Wildman–Crippen MR) is 127 cm³/mol. The molecule has 0 spiro atoms. The molecule has 0 atom stereocenters. The van der Waals surface area contributed by atoms with Gasteiger partial charge >= 0.3 is 0 Å². The molecule has 0 saturated heterocycles. The number of methoxy groups -OCH3 is 1. The molecule has 2 aromatic heterocycles. The summed E-state index contributed by atoms with van der Waals surface area (Å²) < 4.78 is 11.3. The van der Waals surface area contributed by atoms with Crippen LogP contribution in [0.3, 0.4) is 0 Å². The van der Waals surface area contributed by atoms with Crippen molar-refractivity contribution in [2.45, 2.75) is 0 Å². The van der Waals surface area contributed by atoms with E-state index in [2.05, 4.69) is 25.8 Å². The van der Waals surface area contributed by atoms with Crippen LogP contribution in [0, 0.1) is 0 Å². The largest absolute Gasteiger partial charge is 0.496 e. The van der Waals surface area contributed by atoms with Crippen molar-refractivity contribution in [3.63, 3.8) is 0 Å². The Hall–Kier alpha value is -3.89. The Morgan fingerprint density at radius 3 is 2.69 bits per heavy atom. The summed E-state index contributed by atoms with van der Waals surface area (Å²) in [6, 6.07) is 11.8. The highest BCUT2D eigenvalue weighted by molar-refractivity contribution is 7.80. The molecular weight excluding hydrogens is 452 g/mol. The summed E-state index contributed by atoms with van der Waals surface area (Å²) in [7, 11) is 1.46. The number of hydrogen-bond donors (Lipinski definition) is 4. The first-order valence-corrected chi connectivity index (χ1v) is 10.0. The van der Waals surface area contributed by atoms with Crippen molar-refractivity contribution >= 4 is 57.2 Å². The Kier molecular flexibility index (Phi) is 6.06. The van der Waals surface area contributed by atoms with Gasteiger partial charge in [-0.1, -0.05) is 11.6 Å². The van der Waals surface area contributed by atoms with Crippen LogP contribution in [0.25, 0.3) is 10.9 Å². The van der Waals surface area contributed by atoms with Gasteiger partial charge in [0.05, 0.1) is 28.9 Å². The fraction of sp³-hybridized carbons (Fsp3) is 0.0476. The van der Waals surface area contributed by atoms with Gasteiger partial charge in [0.15, 0.2) is 10.9 Å². The van der Waals surface area contributed by atoms with Crippen LogP contribution in [0.4, 0.5) is 11.5 Å². The molecule has 0 aliphatic heterocycles. The van der Waals surface area contributed by atoms with Crippen molar-refractivity contribution < 1.29 is 14.3 Å². The molecule has 4 rings (SSSR count). The van der Waals surface area contributed by atoms with Crippen LogP contribution in [-0.4, -0.2) is 33.3 Å². The SMILES string of the molecule is COc1cc2nccc(Oc3ccc(NC(=S)Nc4cc[nH]n4)c(Cl)c3)c2cc1C(N)=O. The number of aromatic nitrogens is 3. The number of H-pyrrole nitrogens is 1. The smallest absolute Gasteiger partial charge is 0.252 e.